The highest BCUT2D eigenvalue weighted by atomic mass is 19.1. The lowest BCUT2D eigenvalue weighted by Gasteiger charge is -2.30. The van der Waals surface area contributed by atoms with Crippen LogP contribution in [0.2, 0.25) is 0 Å². The number of nitrogens with zero attached hydrogens (tertiary/aromatic N) is 1. The summed E-state index contributed by atoms with van der Waals surface area (Å²) in [5.74, 6) is -2.02. The zero-order valence-electron chi connectivity index (χ0n) is 16.4. The van der Waals surface area contributed by atoms with Crippen LogP contribution in [-0.4, -0.2) is 42.8 Å². The van der Waals surface area contributed by atoms with E-state index in [-0.39, 0.29) is 23.2 Å². The molecule has 2 aromatic carbocycles. The molecule has 0 bridgehead atoms. The summed E-state index contributed by atoms with van der Waals surface area (Å²) in [4.78, 5) is 26.6. The number of carbonyl (C=O) groups excluding carboxylic acids is 2. The molecular formula is C23H26F2N2O2. The van der Waals surface area contributed by atoms with Crippen molar-refractivity contribution < 1.29 is 18.4 Å². The van der Waals surface area contributed by atoms with Gasteiger partial charge in [-0.05, 0) is 62.5 Å². The molecule has 0 unspecified atom stereocenters. The summed E-state index contributed by atoms with van der Waals surface area (Å²) in [5.41, 5.74) is 1.07. The predicted octanol–water partition coefficient (Wildman–Crippen LogP) is 3.61. The number of aryl methyl sites for hydroxylation is 1. The molecule has 1 aliphatic rings. The van der Waals surface area contributed by atoms with Gasteiger partial charge in [0.05, 0.1) is 12.1 Å². The number of hydrogen-bond donors (Lipinski definition) is 1. The van der Waals surface area contributed by atoms with Crippen LogP contribution in [0.4, 0.5) is 8.78 Å². The maximum absolute atomic E-state index is 13.8. The first-order valence-electron chi connectivity index (χ1n) is 10.0. The van der Waals surface area contributed by atoms with Gasteiger partial charge in [-0.15, -0.1) is 0 Å². The predicted molar refractivity (Wildman–Crippen MR) is 108 cm³/mol. The smallest absolute Gasteiger partial charge is 0.234 e. The maximum atomic E-state index is 13.8. The molecule has 154 valence electrons. The van der Waals surface area contributed by atoms with Gasteiger partial charge in [-0.1, -0.05) is 30.3 Å². The Morgan fingerprint density at radius 3 is 2.48 bits per heavy atom. The van der Waals surface area contributed by atoms with E-state index in [0.717, 1.165) is 31.0 Å². The van der Waals surface area contributed by atoms with Gasteiger partial charge in [0.15, 0.2) is 5.78 Å². The van der Waals surface area contributed by atoms with Crippen LogP contribution in [0.25, 0.3) is 0 Å². The number of rotatable bonds is 8. The summed E-state index contributed by atoms with van der Waals surface area (Å²) >= 11 is 0. The van der Waals surface area contributed by atoms with Gasteiger partial charge in [-0.25, -0.2) is 8.78 Å². The lowest BCUT2D eigenvalue weighted by atomic mass is 9.88. The van der Waals surface area contributed by atoms with E-state index in [1.165, 1.54) is 5.56 Å². The van der Waals surface area contributed by atoms with Crippen LogP contribution in [-0.2, 0) is 11.2 Å². The van der Waals surface area contributed by atoms with Gasteiger partial charge in [0.25, 0.3) is 0 Å². The third-order valence-electron chi connectivity index (χ3n) is 5.33. The van der Waals surface area contributed by atoms with E-state index in [2.05, 4.69) is 17.4 Å². The summed E-state index contributed by atoms with van der Waals surface area (Å²) in [7, 11) is 0. The van der Waals surface area contributed by atoms with Gasteiger partial charge in [0.1, 0.15) is 11.6 Å². The third kappa shape index (κ3) is 6.19. The van der Waals surface area contributed by atoms with Crippen LogP contribution in [0.5, 0.6) is 0 Å². The van der Waals surface area contributed by atoms with Crippen molar-refractivity contribution in [2.75, 3.05) is 26.2 Å². The molecule has 0 spiro atoms. The van der Waals surface area contributed by atoms with Crippen molar-refractivity contribution in [3.63, 3.8) is 0 Å². The second kappa shape index (κ2) is 10.3. The van der Waals surface area contributed by atoms with Crippen LogP contribution in [0.3, 0.4) is 0 Å². The minimum atomic E-state index is -0.686. The highest BCUT2D eigenvalue weighted by molar-refractivity contribution is 5.98. The Balaban J connectivity index is 1.37. The van der Waals surface area contributed by atoms with Crippen molar-refractivity contribution in [1.82, 2.24) is 10.2 Å². The lowest BCUT2D eigenvalue weighted by molar-refractivity contribution is -0.122. The van der Waals surface area contributed by atoms with E-state index >= 15 is 0 Å². The summed E-state index contributed by atoms with van der Waals surface area (Å²) in [5, 5.41) is 2.93. The van der Waals surface area contributed by atoms with Crippen molar-refractivity contribution in [2.24, 2.45) is 5.92 Å². The topological polar surface area (TPSA) is 49.4 Å². The summed E-state index contributed by atoms with van der Waals surface area (Å²) < 4.78 is 27.2. The van der Waals surface area contributed by atoms with Crippen molar-refractivity contribution >= 4 is 11.7 Å². The third-order valence-corrected chi connectivity index (χ3v) is 5.33. The van der Waals surface area contributed by atoms with Crippen LogP contribution in [0.15, 0.2) is 48.5 Å². The largest absolute Gasteiger partial charge is 0.355 e. The first kappa shape index (κ1) is 21.1. The normalized spacial score (nSPS) is 15.2. The summed E-state index contributed by atoms with van der Waals surface area (Å²) in [6, 6.07) is 13.1. The van der Waals surface area contributed by atoms with Gasteiger partial charge >= 0.3 is 0 Å². The Kier molecular flexibility index (Phi) is 7.47. The number of Topliss-reactive ketones (excluding diaryl/α,β-unsaturated/α-hetero) is 1. The molecule has 6 heteroatoms. The molecule has 1 amide bonds. The van der Waals surface area contributed by atoms with E-state index in [9.17, 15) is 18.4 Å². The number of halogens is 2. The van der Waals surface area contributed by atoms with E-state index in [0.29, 0.717) is 39.0 Å². The number of carbonyl (C=O) groups is 2. The van der Waals surface area contributed by atoms with Crippen LogP contribution in [0, 0.1) is 17.6 Å². The Hall–Kier alpha value is -2.60. The Bertz CT molecular complexity index is 834. The van der Waals surface area contributed by atoms with Gasteiger partial charge in [-0.3, -0.25) is 14.5 Å². The number of hydrogen-bond acceptors (Lipinski definition) is 3. The average molecular weight is 400 g/mol. The number of benzene rings is 2. The van der Waals surface area contributed by atoms with Gasteiger partial charge < -0.3 is 5.32 Å². The summed E-state index contributed by atoms with van der Waals surface area (Å²) in [6.07, 6.45) is 2.88. The second-order valence-electron chi connectivity index (χ2n) is 7.48. The monoisotopic (exact) mass is 400 g/mol. The number of amides is 1. The SMILES string of the molecule is O=C(CN1CCC(C(=O)c2cc(F)ccc2F)CC1)NCCCc1ccccc1. The molecule has 0 atom stereocenters. The van der Waals surface area contributed by atoms with Crippen molar-refractivity contribution in [1.29, 1.82) is 0 Å². The Morgan fingerprint density at radius 1 is 1.03 bits per heavy atom. The van der Waals surface area contributed by atoms with Crippen molar-refractivity contribution in [2.45, 2.75) is 25.7 Å². The highest BCUT2D eigenvalue weighted by Crippen LogP contribution is 2.23. The van der Waals surface area contributed by atoms with Gasteiger partial charge in [0, 0.05) is 12.5 Å². The average Bonchev–Trinajstić information content (AvgIpc) is 2.74. The quantitative estimate of drug-likeness (QED) is 0.544. The van der Waals surface area contributed by atoms with Crippen LogP contribution < -0.4 is 5.32 Å². The van der Waals surface area contributed by atoms with Crippen LogP contribution >= 0.6 is 0 Å². The highest BCUT2D eigenvalue weighted by Gasteiger charge is 2.28. The molecule has 1 fully saturated rings. The fourth-order valence-electron chi connectivity index (χ4n) is 3.68. The molecule has 0 radical (unpaired) electrons. The molecule has 1 N–H and O–H groups in total. The Morgan fingerprint density at radius 2 is 1.76 bits per heavy atom. The van der Waals surface area contributed by atoms with Crippen molar-refractivity contribution in [3.8, 4) is 0 Å². The molecular weight excluding hydrogens is 374 g/mol. The lowest BCUT2D eigenvalue weighted by Crippen LogP contribution is -2.43. The molecule has 0 aliphatic carbocycles. The molecule has 1 heterocycles. The fraction of sp³-hybridized carbons (Fsp3) is 0.391. The van der Waals surface area contributed by atoms with E-state index < -0.39 is 11.6 Å². The van der Waals surface area contributed by atoms with E-state index in [4.69, 9.17) is 0 Å². The van der Waals surface area contributed by atoms with Crippen LogP contribution in [0.1, 0.15) is 35.2 Å². The molecule has 3 rings (SSSR count). The number of ketones is 1. The van der Waals surface area contributed by atoms with E-state index in [1.54, 1.807) is 0 Å². The minimum Gasteiger partial charge on any atom is -0.355 e. The number of nitrogens with one attached hydrogen (secondary N) is 1. The molecule has 2 aromatic rings. The maximum Gasteiger partial charge on any atom is 0.234 e. The summed E-state index contributed by atoms with van der Waals surface area (Å²) in [6.45, 7) is 2.09. The second-order valence-corrected chi connectivity index (χ2v) is 7.48. The molecule has 0 aromatic heterocycles. The zero-order chi connectivity index (χ0) is 20.6. The molecule has 4 nitrogen and oxygen atoms in total. The number of likely N-dealkylation sites (tertiary alicyclic amines) is 1. The van der Waals surface area contributed by atoms with Crippen molar-refractivity contribution in [3.05, 3.63) is 71.3 Å². The van der Waals surface area contributed by atoms with E-state index in [1.807, 2.05) is 23.1 Å². The first-order valence-corrected chi connectivity index (χ1v) is 10.0. The molecule has 0 saturated carbocycles. The standard InChI is InChI=1S/C23H26F2N2O2/c24-19-8-9-21(25)20(15-19)23(29)18-10-13-27(14-11-18)16-22(28)26-12-4-7-17-5-2-1-3-6-17/h1-3,5-6,8-9,15,18H,4,7,10-14,16H2,(H,26,28). The molecule has 1 aliphatic heterocycles. The minimum absolute atomic E-state index is 0.0287. The zero-order valence-corrected chi connectivity index (χ0v) is 16.4. The van der Waals surface area contributed by atoms with Gasteiger partial charge in [-0.2, -0.15) is 0 Å². The van der Waals surface area contributed by atoms with Gasteiger partial charge in [0.2, 0.25) is 5.91 Å². The first-order chi connectivity index (χ1) is 14.0. The molecule has 29 heavy (non-hydrogen) atoms. The number of piperidine rings is 1. The Labute approximate surface area is 169 Å². The fourth-order valence-corrected chi connectivity index (χ4v) is 3.68. The molecule has 1 saturated heterocycles.